The van der Waals surface area contributed by atoms with Gasteiger partial charge in [0.05, 0.1) is 12.8 Å². The van der Waals surface area contributed by atoms with Gasteiger partial charge in [-0.15, -0.1) is 0 Å². The lowest BCUT2D eigenvalue weighted by Gasteiger charge is -2.65. The van der Waals surface area contributed by atoms with E-state index in [-0.39, 0.29) is 75.3 Å². The van der Waals surface area contributed by atoms with E-state index in [4.69, 9.17) is 36.2 Å². The second-order valence-electron chi connectivity index (χ2n) is 30.8. The highest BCUT2D eigenvalue weighted by Crippen LogP contribution is 2.56. The molecule has 2 saturated heterocycles. The van der Waals surface area contributed by atoms with Crippen LogP contribution in [0.3, 0.4) is 0 Å². The zero-order valence-corrected chi connectivity index (χ0v) is 60.4. The molecule has 2 amide bonds. The first kappa shape index (κ1) is 79.3. The summed E-state index contributed by atoms with van der Waals surface area (Å²) in [5.74, 6) is -0.660. The van der Waals surface area contributed by atoms with Crippen LogP contribution in [0.2, 0.25) is 113 Å². The van der Waals surface area contributed by atoms with E-state index in [1.165, 1.54) is 5.06 Å². The van der Waals surface area contributed by atoms with Gasteiger partial charge in [0.2, 0.25) is 23.0 Å². The fraction of sp³-hybridized carbons (Fsp3) is 0.742. The summed E-state index contributed by atoms with van der Waals surface area (Å²) in [5.41, 5.74) is -5.42. The van der Waals surface area contributed by atoms with Gasteiger partial charge in [-0.3, -0.25) is 19.3 Å². The van der Waals surface area contributed by atoms with Gasteiger partial charge in [0, 0.05) is 0 Å². The Balaban J connectivity index is 0.000000568. The maximum Gasteiger partial charge on any atom is 0.249 e. The van der Waals surface area contributed by atoms with Crippen LogP contribution in [0, 0.1) is 22.7 Å². The molecule has 2 aromatic carbocycles. The number of nitriles is 2. The summed E-state index contributed by atoms with van der Waals surface area (Å²) in [6, 6.07) is 23.2. The van der Waals surface area contributed by atoms with Gasteiger partial charge in [0.15, 0.2) is 49.9 Å². The molecule has 4 N–H and O–H groups in total. The van der Waals surface area contributed by atoms with Crippen molar-refractivity contribution in [3.8, 4) is 12.1 Å². The normalized spacial score (nSPS) is 30.1. The van der Waals surface area contributed by atoms with Crippen LogP contribution in [0.25, 0.3) is 0 Å². The van der Waals surface area contributed by atoms with Gasteiger partial charge in [-0.1, -0.05) is 145 Å². The number of hydroxylamine groups is 4. The fourth-order valence-corrected chi connectivity index (χ4v) is 17.7. The van der Waals surface area contributed by atoms with Crippen molar-refractivity contribution in [1.29, 1.82) is 10.5 Å². The topological polar surface area (TPSA) is 243 Å². The zero-order valence-electron chi connectivity index (χ0n) is 54.4. The van der Waals surface area contributed by atoms with Crippen LogP contribution in [-0.4, -0.2) is 163 Å². The molecule has 2 aliphatic carbocycles. The van der Waals surface area contributed by atoms with Gasteiger partial charge in [0.1, 0.15) is 85.3 Å². The van der Waals surface area contributed by atoms with Gasteiger partial charge < -0.3 is 47.0 Å². The Bertz CT molecular complexity index is 2680. The van der Waals surface area contributed by atoms with E-state index >= 15 is 0 Å². The van der Waals surface area contributed by atoms with Crippen molar-refractivity contribution < 1.29 is 66.2 Å². The van der Waals surface area contributed by atoms with Crippen LogP contribution in [0.4, 0.5) is 0 Å². The summed E-state index contributed by atoms with van der Waals surface area (Å²) in [5, 5.41) is 71.7. The van der Waals surface area contributed by atoms with Gasteiger partial charge >= 0.3 is 0 Å². The van der Waals surface area contributed by atoms with Gasteiger partial charge in [-0.2, -0.15) is 10.5 Å². The highest BCUT2D eigenvalue weighted by Gasteiger charge is 2.78. The Hall–Kier alpha value is -2.82. The highest BCUT2D eigenvalue weighted by molar-refractivity contribution is 6.75. The Morgan fingerprint density at radius 3 is 1.10 bits per heavy atom. The Morgan fingerprint density at radius 1 is 0.477 bits per heavy atom. The minimum atomic E-state index is -2.69. The molecule has 490 valence electrons. The van der Waals surface area contributed by atoms with E-state index in [9.17, 15) is 40.5 Å². The van der Waals surface area contributed by atoms with Gasteiger partial charge in [-0.25, -0.2) is 10.1 Å². The summed E-state index contributed by atoms with van der Waals surface area (Å²) in [4.78, 5) is 38.8. The summed E-state index contributed by atoms with van der Waals surface area (Å²) in [7, 11) is -15.3. The van der Waals surface area contributed by atoms with E-state index in [2.05, 4.69) is 87.5 Å². The number of hydrogen-bond donors (Lipinski definition) is 4. The van der Waals surface area contributed by atoms with Gasteiger partial charge in [-0.05, 0) is 124 Å². The lowest BCUT2D eigenvalue weighted by molar-refractivity contribution is -0.342. The molecule has 2 aliphatic heterocycles. The maximum absolute atomic E-state index is 13.4. The van der Waals surface area contributed by atoms with E-state index < -0.39 is 121 Å². The molecule has 4 fully saturated rings. The van der Waals surface area contributed by atoms with Crippen LogP contribution < -0.4 is 0 Å². The van der Waals surface area contributed by atoms with E-state index in [0.717, 1.165) is 16.2 Å². The molecule has 0 aromatic heterocycles. The smallest absolute Gasteiger partial charge is 0.249 e. The number of β-lactam (4-membered cyclic amide) rings is 2. The second kappa shape index (κ2) is 27.2. The molecule has 6 rings (SSSR count). The van der Waals surface area contributed by atoms with Crippen molar-refractivity contribution in [2.24, 2.45) is 0 Å². The number of hydrogen-bond acceptors (Lipinski definition) is 16. The number of benzene rings is 2. The van der Waals surface area contributed by atoms with E-state index in [1.54, 1.807) is 0 Å². The largest absolute Gasteiger partial charge is 0.409 e. The first-order valence-corrected chi connectivity index (χ1v) is 48.1. The summed E-state index contributed by atoms with van der Waals surface area (Å²) in [6.07, 6.45) is -10.7. The van der Waals surface area contributed by atoms with Crippen molar-refractivity contribution in [3.63, 3.8) is 0 Å². The molecular weight excluding hydrogens is 1190 g/mol. The van der Waals surface area contributed by atoms with Crippen molar-refractivity contribution in [2.75, 3.05) is 0 Å². The minimum absolute atomic E-state index is 0. The molecule has 0 unspecified atom stereocenters. The van der Waals surface area contributed by atoms with E-state index in [1.807, 2.05) is 146 Å². The summed E-state index contributed by atoms with van der Waals surface area (Å²) >= 11 is 0. The monoisotopic (exact) mass is 1310 g/mol. The number of aliphatic hydroxyl groups is 4. The van der Waals surface area contributed by atoms with Crippen molar-refractivity contribution in [1.82, 2.24) is 10.1 Å². The molecule has 4 aliphatic rings. The van der Waals surface area contributed by atoms with Crippen LogP contribution in [0.5, 0.6) is 0 Å². The predicted octanol–water partition coefficient (Wildman–Crippen LogP) is 12.2. The molecule has 86 heavy (non-hydrogen) atoms. The van der Waals surface area contributed by atoms with E-state index in [0.29, 0.717) is 0 Å². The third-order valence-corrected chi connectivity index (χ3v) is 34.1. The lowest BCUT2D eigenvalue weighted by atomic mass is 9.62. The number of amides is 2. The van der Waals surface area contributed by atoms with Gasteiger partial charge in [0.25, 0.3) is 0 Å². The molecular formula is C62H114N4O14Si6. The highest BCUT2D eigenvalue weighted by atomic mass is 28.4. The molecule has 0 radical (unpaired) electrons. The Labute approximate surface area is 524 Å². The first-order valence-electron chi connectivity index (χ1n) is 29.1. The van der Waals surface area contributed by atoms with Crippen molar-refractivity contribution in [2.45, 2.75) is 295 Å². The van der Waals surface area contributed by atoms with Crippen molar-refractivity contribution in [3.05, 3.63) is 71.8 Å². The molecule has 18 nitrogen and oxygen atoms in total. The summed E-state index contributed by atoms with van der Waals surface area (Å²) in [6.45, 7) is 48.9. The third-order valence-electron chi connectivity index (χ3n) is 17.8. The number of carbonyl (C=O) groups excluding carboxylic acids is 2. The fourth-order valence-electron chi connectivity index (χ4n) is 10.3. The van der Waals surface area contributed by atoms with Crippen LogP contribution in [0.1, 0.15) is 109 Å². The number of carbonyl (C=O) groups is 2. The Morgan fingerprint density at radius 2 is 0.802 bits per heavy atom. The SMILES string of the molecule is C.C.C.CC(C)(C)[Si](C)(C)O[C@@H]1[C@@H](O)[C@]2(CC(=O)N2OCc2ccccc2)[C@H](O[Si](C)(C)C)[C@H](O[Si](C)(C)C(C)(C)C)[C@@]1(O)C#N.CC(C)(C)[Si](C)(C)O[C@H]1[C@@H](O[Si](C)(C)C)[C@@]2(CC(=O)N2OCc2ccccc2)[C@H](O)[C@H](O)[C@]1(C#N)O[Si](C)(C)C. The predicted molar refractivity (Wildman–Crippen MR) is 355 cm³/mol. The zero-order chi connectivity index (χ0) is 63.6. The number of nitrogens with zero attached hydrogens (tertiary/aromatic N) is 4. The van der Waals surface area contributed by atoms with Crippen LogP contribution in [0.15, 0.2) is 60.7 Å². The Kier molecular flexibility index (Phi) is 25.0. The molecule has 2 saturated carbocycles. The van der Waals surface area contributed by atoms with Crippen LogP contribution >= 0.6 is 0 Å². The molecule has 2 spiro atoms. The third kappa shape index (κ3) is 15.9. The van der Waals surface area contributed by atoms with Crippen molar-refractivity contribution >= 4 is 61.7 Å². The second-order valence-corrected chi connectivity index (χ2v) is 58.4. The molecule has 24 heteroatoms. The molecule has 2 aromatic rings. The lowest BCUT2D eigenvalue weighted by Crippen LogP contribution is -2.87. The van der Waals surface area contributed by atoms with Crippen LogP contribution in [-0.2, 0) is 59.0 Å². The first-order chi connectivity index (χ1) is 37.5. The minimum Gasteiger partial charge on any atom is -0.409 e. The quantitative estimate of drug-likeness (QED) is 0.0616. The maximum atomic E-state index is 13.4. The standard InChI is InChI=1S/C31H54N2O7Si3.C28H48N2O7Si3.3CH4/c1-28(2,3)42(10,11)39-25-24(35)30(19-23(34)33(30)37-20-22-17-15-14-16-18-22)26(38-41(7,8)9)27(31(25,36)21-32)40-43(12,13)29(4,5)6;1-26(2,3)40(10,11)36-25-24(35-38(4,5)6)27(22(32)23(33)28(25,19-29)37-39(7,8)9)17-21(31)30(27)34-18-20-15-13-12-14-16-20;;;/h14-18,24-27,35-36H,19-20H2,1-13H3;12-16,22-25,32-33H,17-18H2,1-11H3;3*1H4/t24-,25-,26-,27+,30-,31-;22-,23+,24-,25+,27-,28+;;;/m11.../s1. The number of aliphatic hydroxyl groups excluding tert-OH is 3. The summed E-state index contributed by atoms with van der Waals surface area (Å²) < 4.78 is 40.8. The number of rotatable bonds is 18. The average Bonchev–Trinajstić information content (AvgIpc) is 0.711. The molecule has 0 bridgehead atoms. The molecule has 2 heterocycles. The molecule has 12 atom stereocenters. The average molecular weight is 1310 g/mol.